The van der Waals surface area contributed by atoms with E-state index in [9.17, 15) is 0 Å². The zero-order valence-electron chi connectivity index (χ0n) is 13.6. The summed E-state index contributed by atoms with van der Waals surface area (Å²) in [4.78, 5) is 0. The van der Waals surface area contributed by atoms with Crippen LogP contribution in [-0.4, -0.2) is 32.2 Å². The first kappa shape index (κ1) is 17.3. The smallest absolute Gasteiger partial charge is 0.0841 e. The van der Waals surface area contributed by atoms with Crippen molar-refractivity contribution >= 4 is 0 Å². The summed E-state index contributed by atoms with van der Waals surface area (Å²) in [7, 11) is 4.52. The van der Waals surface area contributed by atoms with Gasteiger partial charge in [0.05, 0.1) is 14.1 Å². The van der Waals surface area contributed by atoms with Gasteiger partial charge in [-0.15, -0.1) is 0 Å². The molecule has 3 heteroatoms. The Balaban J connectivity index is 0.00000180. The third-order valence-electron chi connectivity index (χ3n) is 5.73. The molecule has 1 spiro atoms. The van der Waals surface area contributed by atoms with Crippen LogP contribution >= 0.6 is 0 Å². The Kier molecular flexibility index (Phi) is 5.74. The lowest BCUT2D eigenvalue weighted by Crippen LogP contribution is -3.13. The fourth-order valence-corrected chi connectivity index (χ4v) is 4.02. The van der Waals surface area contributed by atoms with Gasteiger partial charge >= 0.3 is 0 Å². The third-order valence-corrected chi connectivity index (χ3v) is 5.73. The summed E-state index contributed by atoms with van der Waals surface area (Å²) in [6.45, 7) is 9.89. The van der Waals surface area contributed by atoms with Crippen molar-refractivity contribution in [2.24, 2.45) is 16.7 Å². The molecular weight excluding hydrogens is 256 g/mol. The molecule has 114 valence electrons. The number of rotatable bonds is 1. The van der Waals surface area contributed by atoms with Crippen LogP contribution < -0.4 is 17.4 Å². The minimum Gasteiger partial charge on any atom is -1.00 e. The van der Waals surface area contributed by atoms with E-state index in [2.05, 4.69) is 39.9 Å². The highest BCUT2D eigenvalue weighted by Gasteiger charge is 2.41. The molecule has 0 radical (unpaired) electrons. The first-order valence-electron chi connectivity index (χ1n) is 7.88. The molecule has 1 N–H and O–H groups in total. The molecule has 1 saturated heterocycles. The van der Waals surface area contributed by atoms with Crippen molar-refractivity contribution in [2.75, 3.05) is 27.2 Å². The van der Waals surface area contributed by atoms with Gasteiger partial charge in [0.25, 0.3) is 0 Å². The van der Waals surface area contributed by atoms with Gasteiger partial charge in [-0.05, 0) is 55.3 Å². The van der Waals surface area contributed by atoms with Crippen LogP contribution in [0.15, 0.2) is 0 Å². The largest absolute Gasteiger partial charge is 1.00 e. The Morgan fingerprint density at radius 2 is 1.42 bits per heavy atom. The molecule has 1 saturated carbocycles. The van der Waals surface area contributed by atoms with Crippen molar-refractivity contribution in [1.29, 1.82) is 0 Å². The van der Waals surface area contributed by atoms with Crippen molar-refractivity contribution < 1.29 is 17.4 Å². The number of hydrogen-bond donors (Lipinski definition) is 1. The summed E-state index contributed by atoms with van der Waals surface area (Å²) in [5.41, 5.74) is 1.24. The quantitative estimate of drug-likeness (QED) is 0.675. The third kappa shape index (κ3) is 4.09. The fraction of sp³-hybridized carbons (Fsp3) is 1.00. The van der Waals surface area contributed by atoms with Crippen LogP contribution in [0, 0.1) is 16.7 Å². The lowest BCUT2D eigenvalue weighted by molar-refractivity contribution is -0.983. The number of quaternary nitrogens is 1. The van der Waals surface area contributed by atoms with Gasteiger partial charge in [0.2, 0.25) is 0 Å². The van der Waals surface area contributed by atoms with Crippen molar-refractivity contribution in [3.8, 4) is 0 Å². The maximum absolute atomic E-state index is 2.58. The van der Waals surface area contributed by atoms with Crippen LogP contribution in [0.3, 0.4) is 0 Å². The summed E-state index contributed by atoms with van der Waals surface area (Å²) in [6.07, 6.45) is 8.80. The molecule has 19 heavy (non-hydrogen) atoms. The van der Waals surface area contributed by atoms with E-state index in [-0.39, 0.29) is 12.4 Å². The summed E-state index contributed by atoms with van der Waals surface area (Å²) >= 11 is 0. The standard InChI is InChI=1S/C16H32N2.ClH/c1-15(2,3)14-6-8-16(9-7-14)10-12-18(13-11-16)17(4)5;/h14H,6-13H2,1-5H3;1H. The predicted octanol–water partition coefficient (Wildman–Crippen LogP) is -0.632. The van der Waals surface area contributed by atoms with Crippen LogP contribution in [-0.2, 0) is 0 Å². The highest BCUT2D eigenvalue weighted by atomic mass is 35.5. The van der Waals surface area contributed by atoms with E-state index in [1.807, 2.05) is 0 Å². The number of halogens is 1. The van der Waals surface area contributed by atoms with E-state index in [1.165, 1.54) is 56.6 Å². The second-order valence-corrected chi connectivity index (χ2v) is 8.07. The SMILES string of the molecule is C[NH+](C)N1CCC2(CCC(C(C)(C)C)CC2)CC1.[Cl-]. The molecule has 0 bridgehead atoms. The Bertz CT molecular complexity index is 265. The van der Waals surface area contributed by atoms with Crippen molar-refractivity contribution in [2.45, 2.75) is 59.3 Å². The Morgan fingerprint density at radius 3 is 1.79 bits per heavy atom. The molecule has 0 aromatic rings. The van der Waals surface area contributed by atoms with Crippen LogP contribution in [0.4, 0.5) is 0 Å². The maximum Gasteiger partial charge on any atom is 0.0841 e. The molecule has 2 aliphatic rings. The molecule has 0 atom stereocenters. The first-order valence-corrected chi connectivity index (χ1v) is 7.88. The molecular formula is C16H33ClN2. The van der Waals surface area contributed by atoms with Crippen LogP contribution in [0.2, 0.25) is 0 Å². The second-order valence-electron chi connectivity index (χ2n) is 8.07. The van der Waals surface area contributed by atoms with E-state index in [0.29, 0.717) is 10.8 Å². The number of hydrogen-bond acceptors (Lipinski definition) is 1. The summed E-state index contributed by atoms with van der Waals surface area (Å²) in [5.74, 6) is 0.959. The van der Waals surface area contributed by atoms with Gasteiger partial charge in [0, 0.05) is 13.1 Å². The molecule has 2 fully saturated rings. The van der Waals surface area contributed by atoms with Gasteiger partial charge in [-0.25, -0.2) is 0 Å². The molecule has 2 rings (SSSR count). The monoisotopic (exact) mass is 288 g/mol. The van der Waals surface area contributed by atoms with Crippen LogP contribution in [0.1, 0.15) is 59.3 Å². The van der Waals surface area contributed by atoms with Gasteiger partial charge < -0.3 is 12.4 Å². The summed E-state index contributed by atoms with van der Waals surface area (Å²) in [5, 5.41) is 4.09. The Labute approximate surface area is 126 Å². The fourth-order valence-electron chi connectivity index (χ4n) is 4.02. The van der Waals surface area contributed by atoms with Crippen LogP contribution in [0.5, 0.6) is 0 Å². The summed E-state index contributed by atoms with van der Waals surface area (Å²) in [6, 6.07) is 0. The van der Waals surface area contributed by atoms with Crippen molar-refractivity contribution in [3.63, 3.8) is 0 Å². The molecule has 1 heterocycles. The topological polar surface area (TPSA) is 7.68 Å². The molecule has 1 aliphatic carbocycles. The van der Waals surface area contributed by atoms with Gasteiger partial charge in [-0.2, -0.15) is 5.01 Å². The van der Waals surface area contributed by atoms with E-state index in [4.69, 9.17) is 0 Å². The van der Waals surface area contributed by atoms with Crippen molar-refractivity contribution in [3.05, 3.63) is 0 Å². The summed E-state index contributed by atoms with van der Waals surface area (Å²) < 4.78 is 0. The first-order chi connectivity index (χ1) is 8.32. The van der Waals surface area contributed by atoms with Crippen LogP contribution in [0.25, 0.3) is 0 Å². The molecule has 0 amide bonds. The van der Waals surface area contributed by atoms with E-state index < -0.39 is 0 Å². The van der Waals surface area contributed by atoms with Gasteiger partial charge in [0.1, 0.15) is 0 Å². The van der Waals surface area contributed by atoms with E-state index in [1.54, 1.807) is 0 Å². The maximum atomic E-state index is 2.58. The zero-order chi connectivity index (χ0) is 13.4. The average Bonchev–Trinajstić information content (AvgIpc) is 2.29. The highest BCUT2D eigenvalue weighted by Crippen LogP contribution is 2.49. The molecule has 1 aliphatic heterocycles. The minimum atomic E-state index is 0. The number of piperidine rings is 1. The normalized spacial score (nSPS) is 25.6. The van der Waals surface area contributed by atoms with Gasteiger partial charge in [0.15, 0.2) is 0 Å². The Hall–Kier alpha value is 0.210. The van der Waals surface area contributed by atoms with Crippen molar-refractivity contribution in [1.82, 2.24) is 5.01 Å². The molecule has 2 nitrogen and oxygen atoms in total. The molecule has 0 unspecified atom stereocenters. The molecule has 0 aromatic heterocycles. The Morgan fingerprint density at radius 1 is 0.947 bits per heavy atom. The average molecular weight is 289 g/mol. The van der Waals surface area contributed by atoms with E-state index >= 15 is 0 Å². The van der Waals surface area contributed by atoms with Gasteiger partial charge in [-0.3, -0.25) is 5.01 Å². The number of nitrogens with one attached hydrogen (secondary N) is 1. The number of nitrogens with zero attached hydrogens (tertiary/aromatic N) is 1. The zero-order valence-corrected chi connectivity index (χ0v) is 14.3. The van der Waals surface area contributed by atoms with E-state index in [0.717, 1.165) is 5.92 Å². The highest BCUT2D eigenvalue weighted by molar-refractivity contribution is 4.91. The lowest BCUT2D eigenvalue weighted by atomic mass is 9.61. The second kappa shape index (κ2) is 6.32. The minimum absolute atomic E-state index is 0. The van der Waals surface area contributed by atoms with Gasteiger partial charge in [-0.1, -0.05) is 20.8 Å². The lowest BCUT2D eigenvalue weighted by Gasteiger charge is -2.48. The predicted molar refractivity (Wildman–Crippen MR) is 77.5 cm³/mol. The molecule has 0 aromatic carbocycles.